The lowest BCUT2D eigenvalue weighted by Crippen LogP contribution is -2.47. The van der Waals surface area contributed by atoms with Crippen molar-refractivity contribution in [3.8, 4) is 0 Å². The molecule has 0 aromatic heterocycles. The fourth-order valence-electron chi connectivity index (χ4n) is 2.86. The van der Waals surface area contributed by atoms with E-state index >= 15 is 0 Å². The number of likely N-dealkylation sites (tertiary alicyclic amines) is 1. The molecule has 2 atom stereocenters. The lowest BCUT2D eigenvalue weighted by atomic mass is 9.91. The van der Waals surface area contributed by atoms with Crippen molar-refractivity contribution in [2.45, 2.75) is 25.2 Å². The van der Waals surface area contributed by atoms with Gasteiger partial charge in [0.25, 0.3) is 0 Å². The number of hydrogen-bond donors (Lipinski definition) is 2. The van der Waals surface area contributed by atoms with Crippen LogP contribution in [0.25, 0.3) is 0 Å². The number of benzene rings is 1. The number of thioether (sulfide) groups is 1. The first kappa shape index (κ1) is 16.7. The van der Waals surface area contributed by atoms with Gasteiger partial charge in [-0.2, -0.15) is 0 Å². The van der Waals surface area contributed by atoms with E-state index in [1.54, 1.807) is 16.7 Å². The maximum absolute atomic E-state index is 12.4. The summed E-state index contributed by atoms with van der Waals surface area (Å²) in [4.78, 5) is 26.4. The summed E-state index contributed by atoms with van der Waals surface area (Å²) in [5.41, 5.74) is 1.81. The number of rotatable bonds is 3. The minimum absolute atomic E-state index is 0.194. The molecule has 2 unspecified atom stereocenters. The van der Waals surface area contributed by atoms with E-state index in [1.165, 1.54) is 0 Å². The van der Waals surface area contributed by atoms with Crippen LogP contribution in [0.5, 0.6) is 0 Å². The fourth-order valence-corrected chi connectivity index (χ4v) is 3.49. The Bertz CT molecular complexity index is 577. The number of nitrogens with zero attached hydrogens (tertiary/aromatic N) is 1. The number of anilines is 1. The Morgan fingerprint density at radius 3 is 2.73 bits per heavy atom. The first-order chi connectivity index (χ1) is 10.4. The summed E-state index contributed by atoms with van der Waals surface area (Å²) in [7, 11) is 0. The van der Waals surface area contributed by atoms with Crippen LogP contribution in [-0.4, -0.2) is 41.4 Å². The number of carboxylic acid groups (broad SMARTS) is 1. The molecule has 0 radical (unpaired) electrons. The van der Waals surface area contributed by atoms with E-state index in [0.29, 0.717) is 13.0 Å². The molecule has 0 saturated carbocycles. The maximum atomic E-state index is 12.4. The Balaban J connectivity index is 2.10. The molecule has 1 aromatic carbocycles. The number of hydrogen-bond acceptors (Lipinski definition) is 3. The predicted molar refractivity (Wildman–Crippen MR) is 88.5 cm³/mol. The van der Waals surface area contributed by atoms with Gasteiger partial charge in [0.1, 0.15) is 0 Å². The van der Waals surface area contributed by atoms with Gasteiger partial charge in [-0.05, 0) is 43.2 Å². The largest absolute Gasteiger partial charge is 0.481 e. The van der Waals surface area contributed by atoms with Crippen molar-refractivity contribution in [3.05, 3.63) is 23.8 Å². The summed E-state index contributed by atoms with van der Waals surface area (Å²) < 4.78 is 0. The van der Waals surface area contributed by atoms with Gasteiger partial charge in [-0.15, -0.1) is 11.8 Å². The number of aliphatic carboxylic acids is 1. The summed E-state index contributed by atoms with van der Waals surface area (Å²) in [6, 6.07) is 5.57. The Kier molecular flexibility index (Phi) is 5.34. The van der Waals surface area contributed by atoms with Crippen LogP contribution >= 0.6 is 11.8 Å². The molecule has 5 nitrogen and oxygen atoms in total. The second-order valence-electron chi connectivity index (χ2n) is 5.84. The molecule has 0 bridgehead atoms. The van der Waals surface area contributed by atoms with E-state index in [9.17, 15) is 14.7 Å². The molecular weight excluding hydrogens is 300 g/mol. The third-order valence-corrected chi connectivity index (χ3v) is 4.92. The minimum Gasteiger partial charge on any atom is -0.481 e. The molecule has 6 heteroatoms. The summed E-state index contributed by atoms with van der Waals surface area (Å²) in [5.74, 6) is -1.11. The number of carbonyl (C=O) groups excluding carboxylic acids is 1. The normalized spacial score (nSPS) is 21.5. The summed E-state index contributed by atoms with van der Waals surface area (Å²) in [6.07, 6.45) is 2.62. The van der Waals surface area contributed by atoms with E-state index in [4.69, 9.17) is 0 Å². The lowest BCUT2D eigenvalue weighted by Gasteiger charge is -2.34. The third kappa shape index (κ3) is 3.74. The highest BCUT2D eigenvalue weighted by molar-refractivity contribution is 7.98. The average Bonchev–Trinajstić information content (AvgIpc) is 2.48. The van der Waals surface area contributed by atoms with Gasteiger partial charge in [-0.25, -0.2) is 4.79 Å². The first-order valence-corrected chi connectivity index (χ1v) is 8.57. The van der Waals surface area contributed by atoms with E-state index in [-0.39, 0.29) is 18.5 Å². The monoisotopic (exact) mass is 322 g/mol. The van der Waals surface area contributed by atoms with Gasteiger partial charge in [0.2, 0.25) is 0 Å². The summed E-state index contributed by atoms with van der Waals surface area (Å²) in [6.45, 7) is 4.82. The van der Waals surface area contributed by atoms with Gasteiger partial charge in [0.15, 0.2) is 0 Å². The maximum Gasteiger partial charge on any atom is 0.321 e. The molecule has 1 saturated heterocycles. The molecule has 0 aliphatic carbocycles. The van der Waals surface area contributed by atoms with E-state index in [2.05, 4.69) is 5.32 Å². The fraction of sp³-hybridized carbons (Fsp3) is 0.500. The predicted octanol–water partition coefficient (Wildman–Crippen LogP) is 3.29. The van der Waals surface area contributed by atoms with Gasteiger partial charge >= 0.3 is 12.0 Å². The second-order valence-corrected chi connectivity index (χ2v) is 6.69. The molecule has 0 spiro atoms. The Labute approximate surface area is 135 Å². The van der Waals surface area contributed by atoms with Crippen molar-refractivity contribution < 1.29 is 14.7 Å². The number of carbonyl (C=O) groups is 2. The Morgan fingerprint density at radius 1 is 1.36 bits per heavy atom. The van der Waals surface area contributed by atoms with Crippen LogP contribution in [0.1, 0.15) is 18.9 Å². The van der Waals surface area contributed by atoms with Crippen LogP contribution in [0.4, 0.5) is 10.5 Å². The van der Waals surface area contributed by atoms with Crippen molar-refractivity contribution in [2.24, 2.45) is 11.8 Å². The van der Waals surface area contributed by atoms with Crippen LogP contribution in [0.2, 0.25) is 0 Å². The smallest absolute Gasteiger partial charge is 0.321 e. The molecule has 1 fully saturated rings. The quantitative estimate of drug-likeness (QED) is 0.838. The van der Waals surface area contributed by atoms with Gasteiger partial charge in [-0.3, -0.25) is 4.79 Å². The lowest BCUT2D eigenvalue weighted by molar-refractivity contribution is -0.143. The molecule has 2 N–H and O–H groups in total. The molecule has 1 heterocycles. The summed E-state index contributed by atoms with van der Waals surface area (Å²) >= 11 is 1.63. The number of amides is 2. The van der Waals surface area contributed by atoms with Crippen molar-refractivity contribution in [3.63, 3.8) is 0 Å². The number of carboxylic acids is 1. The van der Waals surface area contributed by atoms with Crippen LogP contribution in [0.15, 0.2) is 23.1 Å². The van der Waals surface area contributed by atoms with Gasteiger partial charge in [0.05, 0.1) is 5.92 Å². The van der Waals surface area contributed by atoms with Crippen LogP contribution in [-0.2, 0) is 4.79 Å². The highest BCUT2D eigenvalue weighted by Gasteiger charge is 2.32. The molecule has 1 aliphatic rings. The first-order valence-electron chi connectivity index (χ1n) is 7.34. The summed E-state index contributed by atoms with van der Waals surface area (Å²) in [5, 5.41) is 12.1. The molecule has 120 valence electrons. The standard InChI is InChI=1S/C16H22N2O3S/c1-10-7-12(15(19)20)9-18(8-10)16(21)17-13-5-4-6-14(22-3)11(13)2/h4-6,10,12H,7-9H2,1-3H3,(H,17,21)(H,19,20). The van der Waals surface area contributed by atoms with Crippen LogP contribution in [0.3, 0.4) is 0 Å². The number of nitrogens with one attached hydrogen (secondary N) is 1. The minimum atomic E-state index is -0.829. The second kappa shape index (κ2) is 7.05. The van der Waals surface area contributed by atoms with Crippen molar-refractivity contribution in [1.82, 2.24) is 4.90 Å². The third-order valence-electron chi connectivity index (χ3n) is 4.04. The SMILES string of the molecule is CSc1cccc(NC(=O)N2CC(C)CC(C(=O)O)C2)c1C. The van der Waals surface area contributed by atoms with Crippen molar-refractivity contribution in [2.75, 3.05) is 24.7 Å². The molecule has 1 aliphatic heterocycles. The molecule has 2 amide bonds. The van der Waals surface area contributed by atoms with E-state index in [1.807, 2.05) is 38.3 Å². The Morgan fingerprint density at radius 2 is 2.09 bits per heavy atom. The van der Waals surface area contributed by atoms with E-state index in [0.717, 1.165) is 16.1 Å². The van der Waals surface area contributed by atoms with Crippen LogP contribution in [0, 0.1) is 18.8 Å². The van der Waals surface area contributed by atoms with Gasteiger partial charge in [-0.1, -0.05) is 13.0 Å². The number of urea groups is 1. The zero-order chi connectivity index (χ0) is 16.3. The zero-order valence-electron chi connectivity index (χ0n) is 13.1. The Hall–Kier alpha value is -1.69. The topological polar surface area (TPSA) is 69.6 Å². The van der Waals surface area contributed by atoms with Gasteiger partial charge < -0.3 is 15.3 Å². The molecule has 22 heavy (non-hydrogen) atoms. The molecule has 2 rings (SSSR count). The number of piperidine rings is 1. The van der Waals surface area contributed by atoms with Crippen LogP contribution < -0.4 is 5.32 Å². The van der Waals surface area contributed by atoms with E-state index < -0.39 is 11.9 Å². The highest BCUT2D eigenvalue weighted by Crippen LogP contribution is 2.27. The highest BCUT2D eigenvalue weighted by atomic mass is 32.2. The van der Waals surface area contributed by atoms with Gasteiger partial charge in [0, 0.05) is 23.7 Å². The molecular formula is C16H22N2O3S. The van der Waals surface area contributed by atoms with Crippen molar-refractivity contribution in [1.29, 1.82) is 0 Å². The van der Waals surface area contributed by atoms with Crippen molar-refractivity contribution >= 4 is 29.4 Å². The average molecular weight is 322 g/mol. The molecule has 1 aromatic rings. The zero-order valence-corrected chi connectivity index (χ0v) is 13.9.